The van der Waals surface area contributed by atoms with Gasteiger partial charge in [0.1, 0.15) is 0 Å². The standard InChI is InChI=1S/C26H48O3/c1-2-3-4-5-6-10-13-16-19-22-25(27)23-20-17-14-11-8-7-9-12-15-18-21-24-26(28)29/h6,10,16,19,25,27H,2-5,7-9,11-15,17-18,20-24H2,1H3,(H,28,29). The molecule has 0 heterocycles. The summed E-state index contributed by atoms with van der Waals surface area (Å²) in [4.78, 5) is 10.4. The summed E-state index contributed by atoms with van der Waals surface area (Å²) in [7, 11) is 0. The minimum Gasteiger partial charge on any atom is -0.481 e. The van der Waals surface area contributed by atoms with Crippen molar-refractivity contribution in [2.75, 3.05) is 0 Å². The molecule has 0 aliphatic heterocycles. The van der Waals surface area contributed by atoms with Crippen LogP contribution in [-0.2, 0) is 4.79 Å². The highest BCUT2D eigenvalue weighted by molar-refractivity contribution is 5.66. The highest BCUT2D eigenvalue weighted by Crippen LogP contribution is 2.14. The van der Waals surface area contributed by atoms with Crippen molar-refractivity contribution in [1.82, 2.24) is 0 Å². The number of carbonyl (C=O) groups is 1. The van der Waals surface area contributed by atoms with Crippen LogP contribution in [0.25, 0.3) is 0 Å². The fraction of sp³-hybridized carbons (Fsp3) is 0.808. The van der Waals surface area contributed by atoms with Gasteiger partial charge in [-0.1, -0.05) is 108 Å². The topological polar surface area (TPSA) is 57.5 Å². The molecule has 0 aliphatic rings. The number of carboxylic acids is 1. The van der Waals surface area contributed by atoms with Gasteiger partial charge in [-0.3, -0.25) is 4.79 Å². The van der Waals surface area contributed by atoms with Crippen LogP contribution in [0.1, 0.15) is 129 Å². The predicted octanol–water partition coefficient (Wildman–Crippen LogP) is 7.98. The molecule has 0 spiro atoms. The molecule has 0 saturated carbocycles. The lowest BCUT2D eigenvalue weighted by molar-refractivity contribution is -0.137. The number of carboxylic acid groups (broad SMARTS) is 1. The van der Waals surface area contributed by atoms with Crippen LogP contribution < -0.4 is 0 Å². The Hall–Kier alpha value is -1.09. The Bertz CT molecular complexity index is 401. The van der Waals surface area contributed by atoms with Crippen LogP contribution in [0.4, 0.5) is 0 Å². The van der Waals surface area contributed by atoms with Gasteiger partial charge in [0.2, 0.25) is 0 Å². The van der Waals surface area contributed by atoms with Gasteiger partial charge >= 0.3 is 5.97 Å². The lowest BCUT2D eigenvalue weighted by atomic mass is 10.0. The monoisotopic (exact) mass is 408 g/mol. The van der Waals surface area contributed by atoms with Gasteiger partial charge in [0.15, 0.2) is 0 Å². The molecule has 29 heavy (non-hydrogen) atoms. The zero-order valence-electron chi connectivity index (χ0n) is 19.1. The van der Waals surface area contributed by atoms with E-state index >= 15 is 0 Å². The van der Waals surface area contributed by atoms with Crippen molar-refractivity contribution in [2.24, 2.45) is 0 Å². The van der Waals surface area contributed by atoms with Gasteiger partial charge in [-0.15, -0.1) is 0 Å². The summed E-state index contributed by atoms with van der Waals surface area (Å²) in [6.45, 7) is 2.23. The molecular weight excluding hydrogens is 360 g/mol. The summed E-state index contributed by atoms with van der Waals surface area (Å²) < 4.78 is 0. The fourth-order valence-corrected chi connectivity index (χ4v) is 3.52. The van der Waals surface area contributed by atoms with Crippen molar-refractivity contribution >= 4 is 5.97 Å². The van der Waals surface area contributed by atoms with E-state index in [-0.39, 0.29) is 6.10 Å². The van der Waals surface area contributed by atoms with Crippen LogP contribution in [0.2, 0.25) is 0 Å². The Labute approximate surface area is 180 Å². The Balaban J connectivity index is 3.28. The molecule has 0 saturated heterocycles. The Kier molecular flexibility index (Phi) is 22.3. The maximum Gasteiger partial charge on any atom is 0.303 e. The number of hydrogen-bond donors (Lipinski definition) is 2. The largest absolute Gasteiger partial charge is 0.481 e. The lowest BCUT2D eigenvalue weighted by Crippen LogP contribution is -2.04. The van der Waals surface area contributed by atoms with Crippen LogP contribution in [-0.4, -0.2) is 22.3 Å². The molecule has 0 radical (unpaired) electrons. The average molecular weight is 409 g/mol. The molecule has 170 valence electrons. The third-order valence-corrected chi connectivity index (χ3v) is 5.42. The molecule has 0 rings (SSSR count). The number of unbranched alkanes of at least 4 members (excludes halogenated alkanes) is 13. The van der Waals surface area contributed by atoms with Crippen LogP contribution in [0, 0.1) is 0 Å². The van der Waals surface area contributed by atoms with E-state index in [1.165, 1.54) is 77.0 Å². The van der Waals surface area contributed by atoms with E-state index < -0.39 is 5.97 Å². The third-order valence-electron chi connectivity index (χ3n) is 5.42. The van der Waals surface area contributed by atoms with Crippen LogP contribution in [0.15, 0.2) is 24.3 Å². The highest BCUT2D eigenvalue weighted by Gasteiger charge is 2.01. The van der Waals surface area contributed by atoms with E-state index in [4.69, 9.17) is 5.11 Å². The average Bonchev–Trinajstić information content (AvgIpc) is 2.70. The first kappa shape index (κ1) is 27.9. The summed E-state index contributed by atoms with van der Waals surface area (Å²) in [5, 5.41) is 18.6. The van der Waals surface area contributed by atoms with Crippen molar-refractivity contribution in [3.63, 3.8) is 0 Å². The van der Waals surface area contributed by atoms with E-state index in [0.29, 0.717) is 6.42 Å². The minimum atomic E-state index is -0.671. The third kappa shape index (κ3) is 24.9. The molecule has 1 atom stereocenters. The number of aliphatic carboxylic acids is 1. The number of aliphatic hydroxyl groups excluding tert-OH is 1. The van der Waals surface area contributed by atoms with Crippen molar-refractivity contribution in [3.8, 4) is 0 Å². The summed E-state index contributed by atoms with van der Waals surface area (Å²) >= 11 is 0. The lowest BCUT2D eigenvalue weighted by Gasteiger charge is -2.07. The maximum atomic E-state index is 10.4. The van der Waals surface area contributed by atoms with E-state index in [1.54, 1.807) is 0 Å². The quantitative estimate of drug-likeness (QED) is 0.141. The Morgan fingerprint density at radius 1 is 0.724 bits per heavy atom. The van der Waals surface area contributed by atoms with E-state index in [2.05, 4.69) is 31.2 Å². The molecule has 3 heteroatoms. The minimum absolute atomic E-state index is 0.180. The van der Waals surface area contributed by atoms with Gasteiger partial charge < -0.3 is 10.2 Å². The van der Waals surface area contributed by atoms with Crippen LogP contribution in [0.5, 0.6) is 0 Å². The van der Waals surface area contributed by atoms with Crippen LogP contribution >= 0.6 is 0 Å². The Morgan fingerprint density at radius 2 is 1.28 bits per heavy atom. The SMILES string of the molecule is CCCCCC=CCC=CCC(O)CCCCCCCCCCCCCC(=O)O. The molecule has 3 nitrogen and oxygen atoms in total. The second-order valence-electron chi connectivity index (χ2n) is 8.39. The molecule has 0 amide bonds. The van der Waals surface area contributed by atoms with Crippen molar-refractivity contribution < 1.29 is 15.0 Å². The number of hydrogen-bond acceptors (Lipinski definition) is 2. The molecule has 0 fully saturated rings. The molecule has 0 aromatic heterocycles. The molecule has 1 unspecified atom stereocenters. The second kappa shape index (κ2) is 23.2. The van der Waals surface area contributed by atoms with Crippen molar-refractivity contribution in [3.05, 3.63) is 24.3 Å². The maximum absolute atomic E-state index is 10.4. The van der Waals surface area contributed by atoms with E-state index in [1.807, 2.05) is 0 Å². The van der Waals surface area contributed by atoms with Gasteiger partial charge in [0.25, 0.3) is 0 Å². The molecule has 0 aliphatic carbocycles. The van der Waals surface area contributed by atoms with Gasteiger partial charge in [0.05, 0.1) is 6.10 Å². The summed E-state index contributed by atoms with van der Waals surface area (Å²) in [6.07, 6.45) is 29.9. The first-order valence-corrected chi connectivity index (χ1v) is 12.4. The Morgan fingerprint density at radius 3 is 1.86 bits per heavy atom. The van der Waals surface area contributed by atoms with Gasteiger partial charge in [-0.05, 0) is 38.5 Å². The highest BCUT2D eigenvalue weighted by atomic mass is 16.4. The van der Waals surface area contributed by atoms with E-state index in [9.17, 15) is 9.90 Å². The number of allylic oxidation sites excluding steroid dienone is 3. The zero-order valence-corrected chi connectivity index (χ0v) is 19.1. The fourth-order valence-electron chi connectivity index (χ4n) is 3.52. The molecular formula is C26H48O3. The molecule has 2 N–H and O–H groups in total. The van der Waals surface area contributed by atoms with Gasteiger partial charge in [-0.25, -0.2) is 0 Å². The number of rotatable bonds is 22. The van der Waals surface area contributed by atoms with Crippen molar-refractivity contribution in [1.29, 1.82) is 0 Å². The van der Waals surface area contributed by atoms with Crippen LogP contribution in [0.3, 0.4) is 0 Å². The molecule has 0 aromatic carbocycles. The predicted molar refractivity (Wildman–Crippen MR) is 125 cm³/mol. The first-order valence-electron chi connectivity index (χ1n) is 12.4. The zero-order chi connectivity index (χ0) is 21.4. The van der Waals surface area contributed by atoms with Gasteiger partial charge in [0, 0.05) is 6.42 Å². The normalized spacial score (nSPS) is 12.9. The number of aliphatic hydroxyl groups is 1. The van der Waals surface area contributed by atoms with E-state index in [0.717, 1.165) is 38.5 Å². The molecule has 0 aromatic rings. The summed E-state index contributed by atoms with van der Waals surface area (Å²) in [5.41, 5.74) is 0. The smallest absolute Gasteiger partial charge is 0.303 e. The van der Waals surface area contributed by atoms with Crippen molar-refractivity contribution in [2.45, 2.75) is 135 Å². The van der Waals surface area contributed by atoms with Gasteiger partial charge in [-0.2, -0.15) is 0 Å². The summed E-state index contributed by atoms with van der Waals surface area (Å²) in [6, 6.07) is 0. The first-order chi connectivity index (χ1) is 14.2. The summed E-state index contributed by atoms with van der Waals surface area (Å²) in [5.74, 6) is -0.671. The molecule has 0 bridgehead atoms. The second-order valence-corrected chi connectivity index (χ2v) is 8.39.